The molecule has 1 unspecified atom stereocenters. The third-order valence-electron chi connectivity index (χ3n) is 10.2. The molecule has 17 nitrogen and oxygen atoms in total. The van der Waals surface area contributed by atoms with Gasteiger partial charge in [-0.1, -0.05) is 33.7 Å². The van der Waals surface area contributed by atoms with Crippen LogP contribution in [0.5, 0.6) is 5.75 Å². The summed E-state index contributed by atoms with van der Waals surface area (Å²) in [5.74, 6) is 1.39. The molecular formula is C43H58N7O10PS2. The number of hydrogen-bond donors (Lipinski definition) is 7. The lowest BCUT2D eigenvalue weighted by Gasteiger charge is -2.18. The molecule has 0 aliphatic carbocycles. The van der Waals surface area contributed by atoms with Crippen LogP contribution in [-0.4, -0.2) is 121 Å². The van der Waals surface area contributed by atoms with E-state index in [0.717, 1.165) is 81.9 Å². The predicted molar refractivity (Wildman–Crippen MR) is 249 cm³/mol. The maximum atomic E-state index is 12.6. The first-order valence-corrected chi connectivity index (χ1v) is 24.4. The summed E-state index contributed by atoms with van der Waals surface area (Å²) in [6, 6.07) is 13.0. The minimum Gasteiger partial charge on any atom is -0.497 e. The number of phosphoric acid groups is 1. The molecule has 20 heteroatoms. The van der Waals surface area contributed by atoms with Crippen LogP contribution in [0.25, 0.3) is 32.6 Å². The van der Waals surface area contributed by atoms with Crippen molar-refractivity contribution in [2.45, 2.75) is 57.6 Å². The Morgan fingerprint density at radius 1 is 0.968 bits per heavy atom. The van der Waals surface area contributed by atoms with Gasteiger partial charge in [-0.15, -0.1) is 0 Å². The largest absolute Gasteiger partial charge is 0.497 e. The number of anilines is 1. The van der Waals surface area contributed by atoms with E-state index in [-0.39, 0.29) is 37.9 Å². The first-order valence-electron chi connectivity index (χ1n) is 20.6. The standard InChI is InChI=1S/C43H58N7O10PS2/c1-27(51)24-58-20-13-31-22-30(8-11-37(31)63-62-26-35(44)42(52)47-17-21-60-61(54,55)56)25-59-43(53)48-15-7-19-50(4)18-6-14-45-41-39-29(3)38-34-23-32(57-5)9-10-36(34)49-40(38)28(2)33(39)12-16-46-41/h8-12,16,22-23,35,49H,6-7,13-15,17-21,24-26,44H2,1-5H3,(H,45,46)(H,47,52)(H,48,53)(H2,54,55,56). The van der Waals surface area contributed by atoms with Crippen LogP contribution in [0, 0.1) is 13.8 Å². The van der Waals surface area contributed by atoms with Crippen molar-refractivity contribution < 1.29 is 47.5 Å². The monoisotopic (exact) mass is 927 g/mol. The molecule has 3 aromatic carbocycles. The van der Waals surface area contributed by atoms with E-state index in [2.05, 4.69) is 69.5 Å². The molecule has 2 aromatic heterocycles. The minimum absolute atomic E-state index is 0.00657. The molecular weight excluding hydrogens is 870 g/mol. The zero-order valence-electron chi connectivity index (χ0n) is 36.3. The van der Waals surface area contributed by atoms with Gasteiger partial charge in [-0.05, 0) is 118 Å². The van der Waals surface area contributed by atoms with Crippen LogP contribution >= 0.6 is 29.4 Å². The predicted octanol–water partition coefficient (Wildman–Crippen LogP) is 5.99. The van der Waals surface area contributed by atoms with Gasteiger partial charge >= 0.3 is 13.9 Å². The van der Waals surface area contributed by atoms with Crippen LogP contribution in [0.4, 0.5) is 10.6 Å². The van der Waals surface area contributed by atoms with Crippen molar-refractivity contribution in [1.82, 2.24) is 25.5 Å². The Kier molecular flexibility index (Phi) is 18.9. The van der Waals surface area contributed by atoms with Crippen molar-refractivity contribution in [3.8, 4) is 5.75 Å². The van der Waals surface area contributed by atoms with E-state index in [1.165, 1.54) is 50.4 Å². The molecule has 0 bridgehead atoms. The number of benzene rings is 3. The van der Waals surface area contributed by atoms with E-state index in [1.54, 1.807) is 7.11 Å². The number of ether oxygens (including phenoxy) is 3. The lowest BCUT2D eigenvalue weighted by molar-refractivity contribution is -0.122. The van der Waals surface area contributed by atoms with E-state index in [4.69, 9.17) is 34.7 Å². The Morgan fingerprint density at radius 2 is 1.75 bits per heavy atom. The van der Waals surface area contributed by atoms with Crippen molar-refractivity contribution in [2.24, 2.45) is 5.73 Å². The lowest BCUT2D eigenvalue weighted by atomic mass is 9.96. The summed E-state index contributed by atoms with van der Waals surface area (Å²) >= 11 is 0. The van der Waals surface area contributed by atoms with Gasteiger partial charge < -0.3 is 55.6 Å². The van der Waals surface area contributed by atoms with E-state index in [9.17, 15) is 18.9 Å². The van der Waals surface area contributed by atoms with Crippen molar-refractivity contribution in [1.29, 1.82) is 0 Å². The average Bonchev–Trinajstić information content (AvgIpc) is 3.64. The van der Waals surface area contributed by atoms with E-state index in [1.807, 2.05) is 30.5 Å². The van der Waals surface area contributed by atoms with Crippen molar-refractivity contribution >= 4 is 85.6 Å². The van der Waals surface area contributed by atoms with Gasteiger partial charge in [-0.25, -0.2) is 14.3 Å². The normalized spacial score (nSPS) is 12.3. The number of alkyl carbamates (subject to hydrolysis) is 1. The number of nitrogens with one attached hydrogen (secondary N) is 4. The summed E-state index contributed by atoms with van der Waals surface area (Å²) in [5.41, 5.74) is 12.2. The molecule has 1 atom stereocenters. The molecule has 63 heavy (non-hydrogen) atoms. The summed E-state index contributed by atoms with van der Waals surface area (Å²) in [6.45, 7) is 8.55. The van der Waals surface area contributed by atoms with Crippen LogP contribution in [0.3, 0.4) is 0 Å². The molecule has 0 radical (unpaired) electrons. The molecule has 2 amide bonds. The lowest BCUT2D eigenvalue weighted by Crippen LogP contribution is -2.43. The molecule has 0 aliphatic heterocycles. The number of carbonyl (C=O) groups excluding carboxylic acids is 3. The Balaban J connectivity index is 1.03. The topological polar surface area (TPSA) is 240 Å². The third kappa shape index (κ3) is 14.8. The number of carbonyl (C=O) groups is 3. The van der Waals surface area contributed by atoms with Crippen LogP contribution in [0.15, 0.2) is 53.6 Å². The highest BCUT2D eigenvalue weighted by Crippen LogP contribution is 2.40. The summed E-state index contributed by atoms with van der Waals surface area (Å²) in [6.07, 6.45) is 3.50. The number of phosphoric ester groups is 1. The van der Waals surface area contributed by atoms with Crippen molar-refractivity contribution in [3.05, 3.63) is 70.9 Å². The summed E-state index contributed by atoms with van der Waals surface area (Å²) in [7, 11) is 1.91. The second-order valence-electron chi connectivity index (χ2n) is 15.1. The highest BCUT2D eigenvalue weighted by molar-refractivity contribution is 8.76. The number of aryl methyl sites for hydroxylation is 2. The number of amides is 2. The molecule has 2 heterocycles. The number of aromatic amines is 1. The molecule has 0 spiro atoms. The van der Waals surface area contributed by atoms with Crippen LogP contribution < -0.4 is 26.4 Å². The number of nitrogens with two attached hydrogens (primary N) is 1. The summed E-state index contributed by atoms with van der Waals surface area (Å²) in [4.78, 5) is 65.2. The molecule has 342 valence electrons. The van der Waals surface area contributed by atoms with Crippen molar-refractivity contribution in [3.63, 3.8) is 0 Å². The molecule has 0 saturated carbocycles. The quantitative estimate of drug-likeness (QED) is 0.0192. The van der Waals surface area contributed by atoms with Crippen LogP contribution in [0.2, 0.25) is 0 Å². The molecule has 5 rings (SSSR count). The van der Waals surface area contributed by atoms with Gasteiger partial charge in [0.1, 0.15) is 24.8 Å². The fraction of sp³-hybridized carbons (Fsp3) is 0.442. The molecule has 0 aliphatic rings. The number of rotatable bonds is 26. The number of hydrogen-bond acceptors (Lipinski definition) is 14. The number of fused-ring (bicyclic) bond motifs is 4. The first-order chi connectivity index (χ1) is 30.1. The van der Waals surface area contributed by atoms with Crippen molar-refractivity contribution in [2.75, 3.05) is 77.8 Å². The number of H-pyrrole nitrogens is 1. The molecule has 0 fully saturated rings. The first kappa shape index (κ1) is 49.6. The number of aromatic nitrogens is 2. The Hall–Kier alpha value is -4.43. The van der Waals surface area contributed by atoms with Gasteiger partial charge in [-0.3, -0.25) is 14.1 Å². The van der Waals surface area contributed by atoms with Crippen LogP contribution in [-0.2, 0) is 41.2 Å². The smallest absolute Gasteiger partial charge is 0.469 e. The molecule has 0 saturated heterocycles. The number of ketones is 1. The van der Waals surface area contributed by atoms with Crippen LogP contribution in [0.1, 0.15) is 42.0 Å². The van der Waals surface area contributed by atoms with E-state index < -0.39 is 25.9 Å². The maximum absolute atomic E-state index is 12.6. The highest BCUT2D eigenvalue weighted by Gasteiger charge is 2.19. The number of pyridine rings is 1. The van der Waals surface area contributed by atoms with Gasteiger partial charge in [0.25, 0.3) is 0 Å². The zero-order chi connectivity index (χ0) is 45.5. The molecule has 5 aromatic rings. The Labute approximate surface area is 374 Å². The maximum Gasteiger partial charge on any atom is 0.469 e. The second kappa shape index (κ2) is 24.0. The summed E-state index contributed by atoms with van der Waals surface area (Å²) in [5, 5.41) is 13.5. The number of Topliss-reactive ketones (excluding diaryl/α,β-unsaturated/α-hetero) is 1. The zero-order valence-corrected chi connectivity index (χ0v) is 38.8. The third-order valence-corrected chi connectivity index (χ3v) is 13.2. The fourth-order valence-electron chi connectivity index (χ4n) is 7.04. The second-order valence-corrected chi connectivity index (χ2v) is 18.7. The Morgan fingerprint density at radius 3 is 2.49 bits per heavy atom. The van der Waals surface area contributed by atoms with E-state index in [0.29, 0.717) is 19.6 Å². The van der Waals surface area contributed by atoms with Gasteiger partial charge in [-0.2, -0.15) is 0 Å². The van der Waals surface area contributed by atoms with Gasteiger partial charge in [0.15, 0.2) is 5.78 Å². The highest BCUT2D eigenvalue weighted by atomic mass is 33.1. The molecule has 8 N–H and O–H groups in total. The number of nitrogens with zero attached hydrogens (tertiary/aromatic N) is 2. The fourth-order valence-corrected chi connectivity index (χ4v) is 9.76. The minimum atomic E-state index is -4.62. The average molecular weight is 928 g/mol. The van der Waals surface area contributed by atoms with Gasteiger partial charge in [0, 0.05) is 58.2 Å². The summed E-state index contributed by atoms with van der Waals surface area (Å²) < 4.78 is 31.6. The van der Waals surface area contributed by atoms with E-state index >= 15 is 0 Å². The van der Waals surface area contributed by atoms with Gasteiger partial charge in [0.2, 0.25) is 5.91 Å². The van der Waals surface area contributed by atoms with Gasteiger partial charge in [0.05, 0.1) is 31.9 Å². The Bertz CT molecular complexity index is 2410. The SMILES string of the molecule is COc1ccc2[nH]c3c(C)c4ccnc(NCCCN(C)CCCNC(=O)OCc5ccc(SSCC(N)C(=O)NCCOP(=O)(O)O)c(CCOCC(C)=O)c5)c4c(C)c3c2c1. The number of methoxy groups -OCH3 is 1.